The van der Waals surface area contributed by atoms with Gasteiger partial charge in [-0.25, -0.2) is 4.79 Å². The highest BCUT2D eigenvalue weighted by Crippen LogP contribution is 2.26. The standard InChI is InChI=1S/C23H37N3O4/c1-14-12-11-13-17(15(14)2)18(19(27)25-22(4,5)6)26(10)20(28)16(3)24-21(29)30-23(7,8)9/h11-13,16,18H,1-10H3,(H,24,29)(H,25,27). The average Bonchev–Trinajstić information content (AvgIpc) is 2.54. The normalized spacial score (nSPS) is 13.8. The minimum atomic E-state index is -0.861. The number of likely N-dealkylation sites (N-methyl/N-ethyl adjacent to an activating group) is 1. The van der Waals surface area contributed by atoms with Gasteiger partial charge in [0.25, 0.3) is 0 Å². The molecule has 0 saturated carbocycles. The van der Waals surface area contributed by atoms with Crippen molar-refractivity contribution in [2.75, 3.05) is 7.05 Å². The first kappa shape index (κ1) is 25.5. The van der Waals surface area contributed by atoms with Crippen molar-refractivity contribution in [3.8, 4) is 0 Å². The summed E-state index contributed by atoms with van der Waals surface area (Å²) in [5.74, 6) is -0.674. The molecule has 7 heteroatoms. The van der Waals surface area contributed by atoms with Crippen molar-refractivity contribution in [2.24, 2.45) is 0 Å². The Hall–Kier alpha value is -2.57. The Balaban J connectivity index is 3.20. The summed E-state index contributed by atoms with van der Waals surface area (Å²) >= 11 is 0. The maximum atomic E-state index is 13.2. The van der Waals surface area contributed by atoms with Gasteiger partial charge in [0, 0.05) is 12.6 Å². The van der Waals surface area contributed by atoms with Crippen molar-refractivity contribution >= 4 is 17.9 Å². The molecule has 2 unspecified atom stereocenters. The zero-order valence-corrected chi connectivity index (χ0v) is 20.0. The van der Waals surface area contributed by atoms with Crippen LogP contribution in [0.4, 0.5) is 4.79 Å². The Morgan fingerprint density at radius 1 is 1.03 bits per heavy atom. The fourth-order valence-corrected chi connectivity index (χ4v) is 3.01. The summed E-state index contributed by atoms with van der Waals surface area (Å²) in [5.41, 5.74) is 1.59. The molecule has 0 aliphatic heterocycles. The molecule has 168 valence electrons. The fourth-order valence-electron chi connectivity index (χ4n) is 3.01. The molecule has 3 amide bonds. The molecule has 1 rings (SSSR count). The molecule has 2 N–H and O–H groups in total. The third kappa shape index (κ3) is 7.35. The van der Waals surface area contributed by atoms with E-state index >= 15 is 0 Å². The number of alkyl carbamates (subject to hydrolysis) is 1. The maximum absolute atomic E-state index is 13.2. The molecule has 1 aromatic rings. The first-order valence-corrected chi connectivity index (χ1v) is 10.2. The van der Waals surface area contributed by atoms with E-state index in [1.165, 1.54) is 4.90 Å². The van der Waals surface area contributed by atoms with Gasteiger partial charge in [-0.05, 0) is 79.0 Å². The lowest BCUT2D eigenvalue weighted by atomic mass is 9.94. The Labute approximate surface area is 180 Å². The third-order valence-electron chi connectivity index (χ3n) is 4.53. The Morgan fingerprint density at radius 3 is 2.10 bits per heavy atom. The number of benzene rings is 1. The lowest BCUT2D eigenvalue weighted by molar-refractivity contribution is -0.141. The van der Waals surface area contributed by atoms with Gasteiger partial charge in [-0.2, -0.15) is 0 Å². The quantitative estimate of drug-likeness (QED) is 0.763. The van der Waals surface area contributed by atoms with Crippen LogP contribution in [0, 0.1) is 13.8 Å². The molecule has 7 nitrogen and oxygen atoms in total. The zero-order chi connectivity index (χ0) is 23.4. The minimum Gasteiger partial charge on any atom is -0.444 e. The van der Waals surface area contributed by atoms with E-state index in [2.05, 4.69) is 10.6 Å². The predicted molar refractivity (Wildman–Crippen MR) is 118 cm³/mol. The Kier molecular flexibility index (Phi) is 8.06. The maximum Gasteiger partial charge on any atom is 0.408 e. The summed E-state index contributed by atoms with van der Waals surface area (Å²) in [5, 5.41) is 5.52. The molecule has 0 saturated heterocycles. The van der Waals surface area contributed by atoms with Gasteiger partial charge in [-0.15, -0.1) is 0 Å². The van der Waals surface area contributed by atoms with Crippen molar-refractivity contribution < 1.29 is 19.1 Å². The fraction of sp³-hybridized carbons (Fsp3) is 0.609. The number of carbonyl (C=O) groups excluding carboxylic acids is 3. The second-order valence-corrected chi connectivity index (χ2v) is 9.75. The van der Waals surface area contributed by atoms with Gasteiger partial charge < -0.3 is 20.3 Å². The van der Waals surface area contributed by atoms with Crippen LogP contribution in [0.25, 0.3) is 0 Å². The van der Waals surface area contributed by atoms with Gasteiger partial charge in [-0.1, -0.05) is 18.2 Å². The first-order valence-electron chi connectivity index (χ1n) is 10.2. The van der Waals surface area contributed by atoms with E-state index in [4.69, 9.17) is 4.74 Å². The van der Waals surface area contributed by atoms with E-state index in [-0.39, 0.29) is 5.91 Å². The molecule has 0 aliphatic rings. The summed E-state index contributed by atoms with van der Waals surface area (Å²) in [6.07, 6.45) is -0.681. The van der Waals surface area contributed by atoms with Crippen molar-refractivity contribution in [2.45, 2.75) is 85.5 Å². The van der Waals surface area contributed by atoms with Gasteiger partial charge in [-0.3, -0.25) is 9.59 Å². The van der Waals surface area contributed by atoms with E-state index in [9.17, 15) is 14.4 Å². The smallest absolute Gasteiger partial charge is 0.408 e. The zero-order valence-electron chi connectivity index (χ0n) is 20.0. The average molecular weight is 420 g/mol. The number of amides is 3. The summed E-state index contributed by atoms with van der Waals surface area (Å²) in [6, 6.07) is 3.99. The highest BCUT2D eigenvalue weighted by molar-refractivity contribution is 5.92. The number of aryl methyl sites for hydroxylation is 1. The SMILES string of the molecule is Cc1cccc(C(C(=O)NC(C)(C)C)N(C)C(=O)C(C)NC(=O)OC(C)(C)C)c1C. The summed E-state index contributed by atoms with van der Waals surface area (Å²) in [6.45, 7) is 16.4. The molecule has 0 heterocycles. The molecule has 30 heavy (non-hydrogen) atoms. The van der Waals surface area contributed by atoms with Crippen LogP contribution in [0.1, 0.15) is 71.2 Å². The molecule has 0 bridgehead atoms. The lowest BCUT2D eigenvalue weighted by Gasteiger charge is -2.33. The van der Waals surface area contributed by atoms with Crippen LogP contribution < -0.4 is 10.6 Å². The van der Waals surface area contributed by atoms with E-state index in [1.54, 1.807) is 34.7 Å². The monoisotopic (exact) mass is 419 g/mol. The molecule has 0 aliphatic carbocycles. The topological polar surface area (TPSA) is 87.7 Å². The van der Waals surface area contributed by atoms with Crippen LogP contribution in [-0.4, -0.2) is 47.0 Å². The number of hydrogen-bond donors (Lipinski definition) is 2. The summed E-state index contributed by atoms with van der Waals surface area (Å²) in [7, 11) is 1.57. The van der Waals surface area contributed by atoms with Crippen LogP contribution in [0.2, 0.25) is 0 Å². The van der Waals surface area contributed by atoms with Crippen molar-refractivity contribution in [1.82, 2.24) is 15.5 Å². The number of rotatable bonds is 5. The summed E-state index contributed by atoms with van der Waals surface area (Å²) in [4.78, 5) is 39.7. The van der Waals surface area contributed by atoms with Crippen LogP contribution in [0.3, 0.4) is 0 Å². The van der Waals surface area contributed by atoms with Crippen LogP contribution >= 0.6 is 0 Å². The number of ether oxygens (including phenoxy) is 1. The molecule has 1 aromatic carbocycles. The van der Waals surface area contributed by atoms with Crippen molar-refractivity contribution in [3.63, 3.8) is 0 Å². The second-order valence-electron chi connectivity index (χ2n) is 9.75. The van der Waals surface area contributed by atoms with Crippen molar-refractivity contribution in [1.29, 1.82) is 0 Å². The first-order chi connectivity index (χ1) is 13.5. The predicted octanol–water partition coefficient (Wildman–Crippen LogP) is 3.63. The van der Waals surface area contributed by atoms with Gasteiger partial charge in [0.1, 0.15) is 17.7 Å². The van der Waals surface area contributed by atoms with Crippen LogP contribution in [0.5, 0.6) is 0 Å². The minimum absolute atomic E-state index is 0.281. The van der Waals surface area contributed by atoms with Crippen molar-refractivity contribution in [3.05, 3.63) is 34.9 Å². The number of carbonyl (C=O) groups is 3. The van der Waals surface area contributed by atoms with Gasteiger partial charge >= 0.3 is 6.09 Å². The van der Waals surface area contributed by atoms with Gasteiger partial charge in [0.2, 0.25) is 11.8 Å². The van der Waals surface area contributed by atoms with Crippen LogP contribution in [0.15, 0.2) is 18.2 Å². The Bertz CT molecular complexity index is 791. The van der Waals surface area contributed by atoms with Gasteiger partial charge in [0.15, 0.2) is 0 Å². The number of nitrogens with zero attached hydrogens (tertiary/aromatic N) is 1. The Morgan fingerprint density at radius 2 is 1.60 bits per heavy atom. The number of hydrogen-bond acceptors (Lipinski definition) is 4. The highest BCUT2D eigenvalue weighted by atomic mass is 16.6. The van der Waals surface area contributed by atoms with Gasteiger partial charge in [0.05, 0.1) is 0 Å². The van der Waals surface area contributed by atoms with E-state index in [0.717, 1.165) is 16.7 Å². The lowest BCUT2D eigenvalue weighted by Crippen LogP contribution is -2.52. The number of nitrogens with one attached hydrogen (secondary N) is 2. The molecule has 0 radical (unpaired) electrons. The van der Waals surface area contributed by atoms with Crippen LogP contribution in [-0.2, 0) is 14.3 Å². The largest absolute Gasteiger partial charge is 0.444 e. The summed E-state index contributed by atoms with van der Waals surface area (Å²) < 4.78 is 5.23. The molecule has 0 spiro atoms. The third-order valence-corrected chi connectivity index (χ3v) is 4.53. The molecular formula is C23H37N3O4. The molecule has 0 fully saturated rings. The second kappa shape index (κ2) is 9.49. The highest BCUT2D eigenvalue weighted by Gasteiger charge is 2.34. The van der Waals surface area contributed by atoms with E-state index in [1.807, 2.05) is 52.8 Å². The molecular weight excluding hydrogens is 382 g/mol. The van der Waals surface area contributed by atoms with E-state index < -0.39 is 35.2 Å². The molecule has 2 atom stereocenters. The molecule has 0 aromatic heterocycles. The van der Waals surface area contributed by atoms with E-state index in [0.29, 0.717) is 0 Å².